The zero-order valence-electron chi connectivity index (χ0n) is 5.71. The third kappa shape index (κ3) is 7.02. The van der Waals surface area contributed by atoms with Gasteiger partial charge < -0.3 is 4.74 Å². The molecule has 0 aliphatic heterocycles. The van der Waals surface area contributed by atoms with Crippen LogP contribution >= 0.6 is 0 Å². The Hall–Kier alpha value is -0.980. The minimum Gasteiger partial charge on any atom is -0.497 e. The van der Waals surface area contributed by atoms with Gasteiger partial charge >= 0.3 is 0 Å². The molecule has 1 heteroatoms. The highest BCUT2D eigenvalue weighted by Gasteiger charge is 1.68. The van der Waals surface area contributed by atoms with Gasteiger partial charge in [-0.3, -0.25) is 0 Å². The summed E-state index contributed by atoms with van der Waals surface area (Å²) in [5.41, 5.74) is 0. The normalized spacial score (nSPS) is 10.8. The van der Waals surface area contributed by atoms with Gasteiger partial charge in [-0.05, 0) is 13.0 Å². The fourth-order valence-electron chi connectivity index (χ4n) is 0.318. The van der Waals surface area contributed by atoms with Gasteiger partial charge in [-0.25, -0.2) is 0 Å². The minimum absolute atomic E-state index is 0.640. The Morgan fingerprint density at radius 3 is 2.89 bits per heavy atom. The first-order valence-corrected chi connectivity index (χ1v) is 2.92. The van der Waals surface area contributed by atoms with E-state index >= 15 is 0 Å². The number of hydrogen-bond donors (Lipinski definition) is 0. The lowest BCUT2D eigenvalue weighted by molar-refractivity contribution is 0.289. The molecule has 0 saturated heterocycles. The van der Waals surface area contributed by atoms with E-state index in [0.29, 0.717) is 6.61 Å². The van der Waals surface area contributed by atoms with E-state index in [1.54, 1.807) is 18.4 Å². The van der Waals surface area contributed by atoms with Crippen LogP contribution < -0.4 is 0 Å². The molecule has 0 spiro atoms. The van der Waals surface area contributed by atoms with Gasteiger partial charge in [0.25, 0.3) is 0 Å². The van der Waals surface area contributed by atoms with Gasteiger partial charge in [-0.2, -0.15) is 0 Å². The summed E-state index contributed by atoms with van der Waals surface area (Å²) in [6.45, 7) is 6.09. The molecule has 0 amide bonds. The molecule has 0 saturated carbocycles. The number of allylic oxidation sites excluding steroid dienone is 3. The third-order valence-electron chi connectivity index (χ3n) is 0.739. The van der Waals surface area contributed by atoms with E-state index < -0.39 is 0 Å². The monoisotopic (exact) mass is 124 g/mol. The van der Waals surface area contributed by atoms with Crippen molar-refractivity contribution in [2.24, 2.45) is 0 Å². The fraction of sp³-hybridized carbons (Fsp3) is 0.250. The van der Waals surface area contributed by atoms with E-state index in [4.69, 9.17) is 4.74 Å². The van der Waals surface area contributed by atoms with Crippen LogP contribution in [0.25, 0.3) is 0 Å². The molecular formula is C8H12O. The van der Waals surface area contributed by atoms with Crippen LogP contribution in [0.4, 0.5) is 0 Å². The first-order chi connectivity index (χ1) is 4.41. The third-order valence-corrected chi connectivity index (χ3v) is 0.739. The molecule has 0 aromatic carbocycles. The van der Waals surface area contributed by atoms with Crippen molar-refractivity contribution >= 4 is 0 Å². The lowest BCUT2D eigenvalue weighted by Crippen LogP contribution is -1.78. The highest BCUT2D eigenvalue weighted by atomic mass is 16.5. The van der Waals surface area contributed by atoms with E-state index in [0.717, 1.165) is 0 Å². The predicted molar refractivity (Wildman–Crippen MR) is 40.1 cm³/mol. The molecule has 0 aliphatic rings. The van der Waals surface area contributed by atoms with Crippen LogP contribution in [-0.2, 0) is 4.74 Å². The van der Waals surface area contributed by atoms with Crippen molar-refractivity contribution < 1.29 is 4.74 Å². The molecule has 0 aromatic heterocycles. The van der Waals surface area contributed by atoms with Crippen molar-refractivity contribution in [1.82, 2.24) is 0 Å². The van der Waals surface area contributed by atoms with Crippen molar-refractivity contribution in [3.05, 3.63) is 37.1 Å². The number of rotatable bonds is 4. The van der Waals surface area contributed by atoms with Gasteiger partial charge in [0.1, 0.15) is 6.61 Å². The molecule has 0 unspecified atom stereocenters. The van der Waals surface area contributed by atoms with Crippen molar-refractivity contribution in [2.45, 2.75) is 6.92 Å². The standard InChI is InChI=1S/C8H12O/c1-3-5-7-9-8-6-4-2/h3-7H,1,8H2,2H3/b6-4-,7-5-. The van der Waals surface area contributed by atoms with Gasteiger partial charge in [0.05, 0.1) is 6.26 Å². The average molecular weight is 124 g/mol. The van der Waals surface area contributed by atoms with Gasteiger partial charge in [-0.1, -0.05) is 24.8 Å². The second-order valence-corrected chi connectivity index (χ2v) is 1.47. The molecule has 0 aromatic rings. The van der Waals surface area contributed by atoms with Crippen LogP contribution in [0.3, 0.4) is 0 Å². The van der Waals surface area contributed by atoms with Crippen LogP contribution in [-0.4, -0.2) is 6.61 Å². The summed E-state index contributed by atoms with van der Waals surface area (Å²) in [7, 11) is 0. The lowest BCUT2D eigenvalue weighted by atomic mass is 10.5. The maximum absolute atomic E-state index is 4.98. The highest BCUT2D eigenvalue weighted by molar-refractivity contribution is 4.93. The molecule has 0 heterocycles. The second kappa shape index (κ2) is 7.02. The molecule has 0 N–H and O–H groups in total. The van der Waals surface area contributed by atoms with E-state index in [-0.39, 0.29) is 0 Å². The van der Waals surface area contributed by atoms with Crippen LogP contribution in [0, 0.1) is 0 Å². The Morgan fingerprint density at radius 2 is 2.33 bits per heavy atom. The van der Waals surface area contributed by atoms with Gasteiger partial charge in [0.15, 0.2) is 0 Å². The van der Waals surface area contributed by atoms with Gasteiger partial charge in [-0.15, -0.1) is 0 Å². The summed E-state index contributed by atoms with van der Waals surface area (Å²) >= 11 is 0. The Bertz CT molecular complexity index is 112. The molecule has 9 heavy (non-hydrogen) atoms. The topological polar surface area (TPSA) is 9.23 Å². The summed E-state index contributed by atoms with van der Waals surface area (Å²) in [6, 6.07) is 0. The van der Waals surface area contributed by atoms with Crippen LogP contribution in [0.5, 0.6) is 0 Å². The minimum atomic E-state index is 0.640. The van der Waals surface area contributed by atoms with Gasteiger partial charge in [0, 0.05) is 0 Å². The lowest BCUT2D eigenvalue weighted by Gasteiger charge is -1.90. The second-order valence-electron chi connectivity index (χ2n) is 1.47. The maximum atomic E-state index is 4.98. The first-order valence-electron chi connectivity index (χ1n) is 2.92. The zero-order chi connectivity index (χ0) is 6.95. The summed E-state index contributed by atoms with van der Waals surface area (Å²) in [4.78, 5) is 0. The molecular weight excluding hydrogens is 112 g/mol. The largest absolute Gasteiger partial charge is 0.497 e. The van der Waals surface area contributed by atoms with E-state index in [1.165, 1.54) is 0 Å². The quantitative estimate of drug-likeness (QED) is 0.242. The molecule has 0 aliphatic carbocycles. The average Bonchev–Trinajstić information content (AvgIpc) is 1.89. The van der Waals surface area contributed by atoms with E-state index in [9.17, 15) is 0 Å². The summed E-state index contributed by atoms with van der Waals surface area (Å²) in [6.07, 6.45) is 8.93. The Morgan fingerprint density at radius 1 is 1.56 bits per heavy atom. The predicted octanol–water partition coefficient (Wildman–Crippen LogP) is 2.28. The Kier molecular flexibility index (Phi) is 6.26. The van der Waals surface area contributed by atoms with Crippen molar-refractivity contribution in [3.8, 4) is 0 Å². The highest BCUT2D eigenvalue weighted by Crippen LogP contribution is 1.79. The fourth-order valence-corrected chi connectivity index (χ4v) is 0.318. The van der Waals surface area contributed by atoms with E-state index in [2.05, 4.69) is 6.58 Å². The van der Waals surface area contributed by atoms with Crippen LogP contribution in [0.1, 0.15) is 6.92 Å². The Balaban J connectivity index is 3.08. The SMILES string of the molecule is C=C/C=C\OC/C=C\C. The first kappa shape index (κ1) is 8.02. The van der Waals surface area contributed by atoms with Crippen molar-refractivity contribution in [1.29, 1.82) is 0 Å². The van der Waals surface area contributed by atoms with Crippen LogP contribution in [0.15, 0.2) is 37.1 Å². The number of ether oxygens (including phenoxy) is 1. The summed E-state index contributed by atoms with van der Waals surface area (Å²) < 4.78 is 4.98. The van der Waals surface area contributed by atoms with Crippen molar-refractivity contribution in [2.75, 3.05) is 6.61 Å². The van der Waals surface area contributed by atoms with E-state index in [1.807, 2.05) is 19.1 Å². The molecule has 50 valence electrons. The van der Waals surface area contributed by atoms with Crippen LogP contribution in [0.2, 0.25) is 0 Å². The smallest absolute Gasteiger partial charge is 0.105 e. The molecule has 0 atom stereocenters. The summed E-state index contributed by atoms with van der Waals surface area (Å²) in [5, 5.41) is 0. The molecule has 0 fully saturated rings. The molecule has 0 rings (SSSR count). The Labute approximate surface area is 56.3 Å². The molecule has 0 bridgehead atoms. The zero-order valence-corrected chi connectivity index (χ0v) is 5.71. The number of hydrogen-bond acceptors (Lipinski definition) is 1. The van der Waals surface area contributed by atoms with Crippen molar-refractivity contribution in [3.63, 3.8) is 0 Å². The van der Waals surface area contributed by atoms with Gasteiger partial charge in [0.2, 0.25) is 0 Å². The molecule has 0 radical (unpaired) electrons. The summed E-state index contributed by atoms with van der Waals surface area (Å²) in [5.74, 6) is 0. The molecule has 1 nitrogen and oxygen atoms in total. The maximum Gasteiger partial charge on any atom is 0.105 e.